The molecule has 2 atom stereocenters. The molecular formula is C16H16ClNO. The fourth-order valence-electron chi connectivity index (χ4n) is 2.60. The molecule has 2 aromatic carbocycles. The van der Waals surface area contributed by atoms with Gasteiger partial charge in [0.15, 0.2) is 0 Å². The molecule has 1 heterocycles. The monoisotopic (exact) mass is 273 g/mol. The van der Waals surface area contributed by atoms with Crippen LogP contribution in [0.3, 0.4) is 0 Å². The lowest BCUT2D eigenvalue weighted by Gasteiger charge is -2.32. The highest BCUT2D eigenvalue weighted by molar-refractivity contribution is 6.30. The Hall–Kier alpha value is -1.51. The van der Waals surface area contributed by atoms with Crippen LogP contribution < -0.4 is 10.1 Å². The summed E-state index contributed by atoms with van der Waals surface area (Å²) in [6.07, 6.45) is 0.958. The minimum absolute atomic E-state index is 0.0473. The summed E-state index contributed by atoms with van der Waals surface area (Å²) in [7, 11) is 1.99. The second kappa shape index (κ2) is 5.24. The second-order valence-corrected chi connectivity index (χ2v) is 5.21. The molecule has 0 radical (unpaired) electrons. The van der Waals surface area contributed by atoms with E-state index in [1.165, 1.54) is 5.56 Å². The minimum atomic E-state index is 0.0473. The molecule has 0 amide bonds. The Morgan fingerprint density at radius 2 is 2.00 bits per heavy atom. The van der Waals surface area contributed by atoms with Crippen LogP contribution in [0.15, 0.2) is 48.5 Å². The number of benzene rings is 2. The Morgan fingerprint density at radius 1 is 1.16 bits per heavy atom. The zero-order valence-electron chi connectivity index (χ0n) is 10.8. The molecule has 0 bridgehead atoms. The van der Waals surface area contributed by atoms with Gasteiger partial charge in [-0.05, 0) is 30.8 Å². The molecule has 0 aliphatic carbocycles. The van der Waals surface area contributed by atoms with E-state index >= 15 is 0 Å². The van der Waals surface area contributed by atoms with Gasteiger partial charge in [-0.1, -0.05) is 41.9 Å². The van der Waals surface area contributed by atoms with Gasteiger partial charge in [-0.25, -0.2) is 0 Å². The van der Waals surface area contributed by atoms with Crippen molar-refractivity contribution < 1.29 is 4.74 Å². The quantitative estimate of drug-likeness (QED) is 0.888. The Bertz CT molecular complexity index is 584. The van der Waals surface area contributed by atoms with Gasteiger partial charge >= 0.3 is 0 Å². The maximum Gasteiger partial charge on any atom is 0.126 e. The molecule has 0 saturated carbocycles. The number of ether oxygens (including phenoxy) is 1. The molecule has 3 heteroatoms. The number of rotatable bonds is 2. The van der Waals surface area contributed by atoms with Crippen molar-refractivity contribution in [2.45, 2.75) is 18.6 Å². The second-order valence-electron chi connectivity index (χ2n) is 4.78. The SMILES string of the molecule is CNC1CC(c2cccc(Cl)c2)Oc2ccccc21. The van der Waals surface area contributed by atoms with Gasteiger partial charge in [-0.2, -0.15) is 0 Å². The summed E-state index contributed by atoms with van der Waals surface area (Å²) in [5.74, 6) is 0.957. The first-order valence-corrected chi connectivity index (χ1v) is 6.84. The number of hydrogen-bond acceptors (Lipinski definition) is 2. The van der Waals surface area contributed by atoms with E-state index in [9.17, 15) is 0 Å². The predicted octanol–water partition coefficient (Wildman–Crippen LogP) is 4.12. The van der Waals surface area contributed by atoms with Gasteiger partial charge in [-0.3, -0.25) is 0 Å². The maximum absolute atomic E-state index is 6.11. The minimum Gasteiger partial charge on any atom is -0.485 e. The van der Waals surface area contributed by atoms with Crippen LogP contribution in [-0.4, -0.2) is 7.05 Å². The highest BCUT2D eigenvalue weighted by Gasteiger charge is 2.28. The van der Waals surface area contributed by atoms with E-state index in [4.69, 9.17) is 16.3 Å². The highest BCUT2D eigenvalue weighted by atomic mass is 35.5. The Kier molecular flexibility index (Phi) is 3.45. The lowest BCUT2D eigenvalue weighted by atomic mass is 9.93. The van der Waals surface area contributed by atoms with Gasteiger partial charge in [-0.15, -0.1) is 0 Å². The number of fused-ring (bicyclic) bond motifs is 1. The molecule has 0 spiro atoms. The van der Waals surface area contributed by atoms with Crippen LogP contribution in [0.2, 0.25) is 5.02 Å². The first-order valence-electron chi connectivity index (χ1n) is 6.46. The maximum atomic E-state index is 6.11. The molecule has 2 unspecified atom stereocenters. The van der Waals surface area contributed by atoms with E-state index in [0.717, 1.165) is 22.8 Å². The normalized spacial score (nSPS) is 21.6. The van der Waals surface area contributed by atoms with E-state index in [2.05, 4.69) is 17.4 Å². The average Bonchev–Trinajstić information content (AvgIpc) is 2.46. The van der Waals surface area contributed by atoms with E-state index in [1.54, 1.807) is 0 Å². The Labute approximate surface area is 118 Å². The largest absolute Gasteiger partial charge is 0.485 e. The summed E-state index contributed by atoms with van der Waals surface area (Å²) < 4.78 is 6.11. The van der Waals surface area contributed by atoms with Crippen LogP contribution in [0.4, 0.5) is 0 Å². The van der Waals surface area contributed by atoms with Crippen LogP contribution in [-0.2, 0) is 0 Å². The van der Waals surface area contributed by atoms with Crippen LogP contribution in [0.1, 0.15) is 29.7 Å². The third-order valence-electron chi connectivity index (χ3n) is 3.58. The van der Waals surface area contributed by atoms with E-state index in [-0.39, 0.29) is 6.10 Å². The zero-order chi connectivity index (χ0) is 13.2. The van der Waals surface area contributed by atoms with Crippen molar-refractivity contribution in [1.82, 2.24) is 5.32 Å². The fraction of sp³-hybridized carbons (Fsp3) is 0.250. The third kappa shape index (κ3) is 2.46. The smallest absolute Gasteiger partial charge is 0.126 e. The molecule has 1 N–H and O–H groups in total. The van der Waals surface area contributed by atoms with Gasteiger partial charge in [0, 0.05) is 23.0 Å². The van der Waals surface area contributed by atoms with Crippen LogP contribution in [0.5, 0.6) is 5.75 Å². The number of nitrogens with one attached hydrogen (secondary N) is 1. The predicted molar refractivity (Wildman–Crippen MR) is 77.7 cm³/mol. The van der Waals surface area contributed by atoms with Crippen molar-refractivity contribution in [2.24, 2.45) is 0 Å². The van der Waals surface area contributed by atoms with E-state index in [1.807, 2.05) is 43.4 Å². The molecule has 0 aromatic heterocycles. The molecule has 1 aliphatic rings. The van der Waals surface area contributed by atoms with Crippen molar-refractivity contribution in [1.29, 1.82) is 0 Å². The highest BCUT2D eigenvalue weighted by Crippen LogP contribution is 2.40. The first-order chi connectivity index (χ1) is 9.28. The molecule has 19 heavy (non-hydrogen) atoms. The Balaban J connectivity index is 1.95. The van der Waals surface area contributed by atoms with Crippen molar-refractivity contribution in [2.75, 3.05) is 7.05 Å². The molecule has 3 rings (SSSR count). The fourth-order valence-corrected chi connectivity index (χ4v) is 2.80. The molecule has 98 valence electrons. The molecular weight excluding hydrogens is 258 g/mol. The number of hydrogen-bond donors (Lipinski definition) is 1. The van der Waals surface area contributed by atoms with Gasteiger partial charge in [0.05, 0.1) is 0 Å². The summed E-state index contributed by atoms with van der Waals surface area (Å²) in [6, 6.07) is 16.4. The van der Waals surface area contributed by atoms with Gasteiger partial charge in [0.2, 0.25) is 0 Å². The Morgan fingerprint density at radius 3 is 2.79 bits per heavy atom. The van der Waals surface area contributed by atoms with Crippen molar-refractivity contribution >= 4 is 11.6 Å². The van der Waals surface area contributed by atoms with Gasteiger partial charge in [0.25, 0.3) is 0 Å². The van der Waals surface area contributed by atoms with Gasteiger partial charge in [0.1, 0.15) is 11.9 Å². The molecule has 1 aliphatic heterocycles. The van der Waals surface area contributed by atoms with Gasteiger partial charge < -0.3 is 10.1 Å². The molecule has 0 fully saturated rings. The van der Waals surface area contributed by atoms with Crippen LogP contribution >= 0.6 is 11.6 Å². The third-order valence-corrected chi connectivity index (χ3v) is 3.82. The number of halogens is 1. The summed E-state index contributed by atoms with van der Waals surface area (Å²) in [5, 5.41) is 4.11. The standard InChI is InChI=1S/C16H16ClNO/c1-18-14-10-16(11-5-4-6-12(17)9-11)19-15-8-3-2-7-13(14)15/h2-9,14,16,18H,10H2,1H3. The number of para-hydroxylation sites is 1. The first kappa shape index (κ1) is 12.5. The summed E-state index contributed by atoms with van der Waals surface area (Å²) in [6.45, 7) is 0. The van der Waals surface area contributed by atoms with Crippen molar-refractivity contribution in [3.05, 3.63) is 64.7 Å². The molecule has 2 aromatic rings. The lowest BCUT2D eigenvalue weighted by molar-refractivity contribution is 0.154. The topological polar surface area (TPSA) is 21.3 Å². The summed E-state index contributed by atoms with van der Waals surface area (Å²) in [5.41, 5.74) is 2.35. The van der Waals surface area contributed by atoms with Crippen LogP contribution in [0.25, 0.3) is 0 Å². The zero-order valence-corrected chi connectivity index (χ0v) is 11.5. The molecule has 2 nitrogen and oxygen atoms in total. The summed E-state index contributed by atoms with van der Waals surface area (Å²) in [4.78, 5) is 0. The van der Waals surface area contributed by atoms with E-state index < -0.39 is 0 Å². The van der Waals surface area contributed by atoms with Crippen molar-refractivity contribution in [3.63, 3.8) is 0 Å². The van der Waals surface area contributed by atoms with Crippen LogP contribution in [0, 0.1) is 0 Å². The lowest BCUT2D eigenvalue weighted by Crippen LogP contribution is -2.26. The average molecular weight is 274 g/mol. The van der Waals surface area contributed by atoms with E-state index in [0.29, 0.717) is 6.04 Å². The molecule has 0 saturated heterocycles. The summed E-state index contributed by atoms with van der Waals surface area (Å²) >= 11 is 6.06. The van der Waals surface area contributed by atoms with Crippen molar-refractivity contribution in [3.8, 4) is 5.75 Å².